The second-order valence-corrected chi connectivity index (χ2v) is 4.54. The minimum Gasteiger partial charge on any atom is -0.368 e. The lowest BCUT2D eigenvalue weighted by molar-refractivity contribution is 0.399. The Morgan fingerprint density at radius 2 is 2.41 bits per heavy atom. The maximum absolute atomic E-state index is 4.27. The van der Waals surface area contributed by atoms with E-state index in [-0.39, 0.29) is 0 Å². The fraction of sp³-hybridized carbons (Fsp3) is 0.600. The topological polar surface area (TPSA) is 71.2 Å². The van der Waals surface area contributed by atoms with Crippen molar-refractivity contribution < 1.29 is 0 Å². The first-order chi connectivity index (χ1) is 8.31. The van der Waals surface area contributed by atoms with Gasteiger partial charge in [-0.25, -0.2) is 0 Å². The van der Waals surface area contributed by atoms with E-state index in [9.17, 15) is 0 Å². The van der Waals surface area contributed by atoms with Gasteiger partial charge in [-0.15, -0.1) is 14.8 Å². The molecule has 0 saturated carbocycles. The van der Waals surface area contributed by atoms with Crippen LogP contribution in [0.4, 0.5) is 5.82 Å². The van der Waals surface area contributed by atoms with Gasteiger partial charge in [0.15, 0.2) is 5.65 Å². The Labute approximate surface area is 98.8 Å². The van der Waals surface area contributed by atoms with Gasteiger partial charge in [0.1, 0.15) is 5.82 Å². The molecule has 0 amide bonds. The van der Waals surface area contributed by atoms with Crippen molar-refractivity contribution in [1.29, 1.82) is 0 Å². The lowest BCUT2D eigenvalue weighted by atomic mass is 10.1. The zero-order chi connectivity index (χ0) is 11.7. The van der Waals surface area contributed by atoms with Gasteiger partial charge in [0.25, 0.3) is 0 Å². The molecule has 7 heteroatoms. The van der Waals surface area contributed by atoms with Gasteiger partial charge in [-0.3, -0.25) is 0 Å². The monoisotopic (exact) mass is 233 g/mol. The van der Waals surface area contributed by atoms with Crippen molar-refractivity contribution in [3.05, 3.63) is 12.1 Å². The summed E-state index contributed by atoms with van der Waals surface area (Å²) in [7, 11) is 2.16. The highest BCUT2D eigenvalue weighted by Gasteiger charge is 2.18. The molecule has 1 aliphatic rings. The summed E-state index contributed by atoms with van der Waals surface area (Å²) in [4.78, 5) is 2.35. The Bertz CT molecular complexity index is 508. The quantitative estimate of drug-likeness (QED) is 0.797. The molecule has 2 aromatic rings. The molecule has 1 saturated heterocycles. The molecule has 3 rings (SSSR count). The maximum atomic E-state index is 4.27. The van der Waals surface area contributed by atoms with E-state index in [1.54, 1.807) is 0 Å². The van der Waals surface area contributed by atoms with E-state index in [1.807, 2.05) is 12.1 Å². The van der Waals surface area contributed by atoms with Crippen molar-refractivity contribution in [2.75, 3.05) is 32.0 Å². The van der Waals surface area contributed by atoms with Crippen LogP contribution < -0.4 is 5.32 Å². The zero-order valence-corrected chi connectivity index (χ0v) is 9.74. The SMILES string of the molecule is CN1CCC(CNc2ccc3nnnn3n2)C1. The van der Waals surface area contributed by atoms with Crippen LogP contribution in [-0.4, -0.2) is 56.8 Å². The lowest BCUT2D eigenvalue weighted by Gasteiger charge is -2.11. The van der Waals surface area contributed by atoms with Crippen molar-refractivity contribution in [2.24, 2.45) is 5.92 Å². The number of fused-ring (bicyclic) bond motifs is 1. The fourth-order valence-electron chi connectivity index (χ4n) is 2.19. The number of rotatable bonds is 3. The summed E-state index contributed by atoms with van der Waals surface area (Å²) >= 11 is 0. The number of tetrazole rings is 1. The van der Waals surface area contributed by atoms with E-state index < -0.39 is 0 Å². The molecule has 0 spiro atoms. The average molecular weight is 233 g/mol. The third-order valence-electron chi connectivity index (χ3n) is 3.13. The number of hydrogen-bond donors (Lipinski definition) is 1. The number of nitrogens with one attached hydrogen (secondary N) is 1. The molecule has 90 valence electrons. The second-order valence-electron chi connectivity index (χ2n) is 4.54. The van der Waals surface area contributed by atoms with E-state index in [1.165, 1.54) is 17.6 Å². The molecule has 1 unspecified atom stereocenters. The molecule has 3 heterocycles. The summed E-state index contributed by atoms with van der Waals surface area (Å²) in [6, 6.07) is 3.76. The van der Waals surface area contributed by atoms with Gasteiger partial charge in [0.2, 0.25) is 0 Å². The van der Waals surface area contributed by atoms with E-state index in [4.69, 9.17) is 0 Å². The van der Waals surface area contributed by atoms with Crippen LogP contribution in [0.15, 0.2) is 12.1 Å². The van der Waals surface area contributed by atoms with Gasteiger partial charge >= 0.3 is 0 Å². The molecule has 0 aliphatic carbocycles. The van der Waals surface area contributed by atoms with Crippen LogP contribution in [0, 0.1) is 5.92 Å². The summed E-state index contributed by atoms with van der Waals surface area (Å²) in [6.45, 7) is 3.29. The molecule has 0 aromatic carbocycles. The van der Waals surface area contributed by atoms with Crippen molar-refractivity contribution >= 4 is 11.5 Å². The number of likely N-dealkylation sites (tertiary alicyclic amines) is 1. The highest BCUT2D eigenvalue weighted by Crippen LogP contribution is 2.14. The smallest absolute Gasteiger partial charge is 0.200 e. The molecule has 7 nitrogen and oxygen atoms in total. The highest BCUT2D eigenvalue weighted by atomic mass is 15.6. The van der Waals surface area contributed by atoms with Crippen molar-refractivity contribution in [1.82, 2.24) is 30.2 Å². The second kappa shape index (κ2) is 4.25. The zero-order valence-electron chi connectivity index (χ0n) is 9.74. The predicted octanol–water partition coefficient (Wildman–Crippen LogP) is -0.117. The van der Waals surface area contributed by atoms with E-state index in [0.717, 1.165) is 18.9 Å². The first-order valence-electron chi connectivity index (χ1n) is 5.79. The molecule has 17 heavy (non-hydrogen) atoms. The lowest BCUT2D eigenvalue weighted by Crippen LogP contribution is -2.19. The average Bonchev–Trinajstić information content (AvgIpc) is 2.94. The Hall–Kier alpha value is -1.76. The van der Waals surface area contributed by atoms with Crippen molar-refractivity contribution in [3.63, 3.8) is 0 Å². The number of anilines is 1. The van der Waals surface area contributed by atoms with Crippen LogP contribution >= 0.6 is 0 Å². The van der Waals surface area contributed by atoms with E-state index >= 15 is 0 Å². The van der Waals surface area contributed by atoms with Gasteiger partial charge in [0, 0.05) is 13.1 Å². The Balaban J connectivity index is 1.64. The third-order valence-corrected chi connectivity index (χ3v) is 3.13. The van der Waals surface area contributed by atoms with Crippen LogP contribution in [0.1, 0.15) is 6.42 Å². The molecule has 1 atom stereocenters. The third kappa shape index (κ3) is 2.19. The van der Waals surface area contributed by atoms with Crippen LogP contribution in [0.2, 0.25) is 0 Å². The molecule has 1 aliphatic heterocycles. The van der Waals surface area contributed by atoms with Gasteiger partial charge in [0.05, 0.1) is 0 Å². The molecular weight excluding hydrogens is 218 g/mol. The fourth-order valence-corrected chi connectivity index (χ4v) is 2.19. The molecule has 1 fully saturated rings. The predicted molar refractivity (Wildman–Crippen MR) is 62.7 cm³/mol. The minimum atomic E-state index is 0.663. The normalized spacial score (nSPS) is 21.1. The summed E-state index contributed by atoms with van der Waals surface area (Å²) in [5.74, 6) is 1.52. The Kier molecular flexibility index (Phi) is 2.60. The standard InChI is InChI=1S/C10H15N7/c1-16-5-4-8(7-16)6-11-9-2-3-10-12-14-15-17(10)13-9/h2-3,8H,4-7H2,1H3,(H,11,13). The van der Waals surface area contributed by atoms with Gasteiger partial charge in [-0.1, -0.05) is 0 Å². The maximum Gasteiger partial charge on any atom is 0.200 e. The van der Waals surface area contributed by atoms with Gasteiger partial charge in [-0.2, -0.15) is 0 Å². The Morgan fingerprint density at radius 3 is 3.24 bits per heavy atom. The van der Waals surface area contributed by atoms with Gasteiger partial charge < -0.3 is 10.2 Å². The van der Waals surface area contributed by atoms with Gasteiger partial charge in [-0.05, 0) is 48.5 Å². The van der Waals surface area contributed by atoms with E-state index in [0.29, 0.717) is 11.6 Å². The van der Waals surface area contributed by atoms with Crippen LogP contribution in [0.25, 0.3) is 5.65 Å². The summed E-state index contributed by atoms with van der Waals surface area (Å²) < 4.78 is 1.43. The van der Waals surface area contributed by atoms with E-state index in [2.05, 4.69) is 37.9 Å². The minimum absolute atomic E-state index is 0.663. The molecule has 0 bridgehead atoms. The summed E-state index contributed by atoms with van der Waals surface area (Å²) in [6.07, 6.45) is 1.25. The molecular formula is C10H15N7. The first kappa shape index (κ1) is 10.4. The Morgan fingerprint density at radius 1 is 1.47 bits per heavy atom. The molecule has 1 N–H and O–H groups in total. The van der Waals surface area contributed by atoms with Crippen molar-refractivity contribution in [2.45, 2.75) is 6.42 Å². The van der Waals surface area contributed by atoms with Crippen LogP contribution in [0.5, 0.6) is 0 Å². The number of aromatic nitrogens is 5. The summed E-state index contributed by atoms with van der Waals surface area (Å²) in [5.41, 5.74) is 0.663. The molecule has 2 aromatic heterocycles. The van der Waals surface area contributed by atoms with Crippen LogP contribution in [-0.2, 0) is 0 Å². The largest absolute Gasteiger partial charge is 0.368 e. The highest BCUT2D eigenvalue weighted by molar-refractivity contribution is 5.42. The first-order valence-corrected chi connectivity index (χ1v) is 5.79. The molecule has 0 radical (unpaired) electrons. The number of hydrogen-bond acceptors (Lipinski definition) is 6. The van der Waals surface area contributed by atoms with Crippen LogP contribution in [0.3, 0.4) is 0 Å². The summed E-state index contributed by atoms with van der Waals surface area (Å²) in [5, 5.41) is 18.7. The van der Waals surface area contributed by atoms with Crippen molar-refractivity contribution in [3.8, 4) is 0 Å². The number of nitrogens with zero attached hydrogens (tertiary/aromatic N) is 6.